The molecule has 10 nitrogen and oxygen atoms in total. The van der Waals surface area contributed by atoms with Gasteiger partial charge < -0.3 is 18.9 Å². The first-order valence-electron chi connectivity index (χ1n) is 11.2. The lowest BCUT2D eigenvalue weighted by atomic mass is 9.58. The summed E-state index contributed by atoms with van der Waals surface area (Å²) < 4.78 is 25.1. The fourth-order valence-corrected chi connectivity index (χ4v) is 5.93. The van der Waals surface area contributed by atoms with E-state index in [0.29, 0.717) is 25.0 Å². The van der Waals surface area contributed by atoms with Gasteiger partial charge in [0.15, 0.2) is 23.9 Å². The number of methoxy groups -OCH3 is 1. The maximum atomic E-state index is 11.5. The maximum absolute atomic E-state index is 11.5. The van der Waals surface area contributed by atoms with Crippen LogP contribution in [0.15, 0.2) is 6.20 Å². The Bertz CT molecular complexity index is 834. The second kappa shape index (κ2) is 7.77. The molecule has 2 unspecified atom stereocenters. The van der Waals surface area contributed by atoms with Crippen LogP contribution in [0.25, 0.3) is 0 Å². The van der Waals surface area contributed by atoms with E-state index in [9.17, 15) is 4.79 Å². The maximum Gasteiger partial charge on any atom is 0.360 e. The monoisotopic (exact) mass is 437 g/mol. The molecule has 1 aromatic heterocycles. The topological polar surface area (TPSA) is 103 Å². The average Bonchev–Trinajstić information content (AvgIpc) is 3.11. The van der Waals surface area contributed by atoms with Crippen molar-refractivity contribution < 1.29 is 33.5 Å². The van der Waals surface area contributed by atoms with Crippen LogP contribution in [0.3, 0.4) is 0 Å². The van der Waals surface area contributed by atoms with Crippen LogP contribution in [-0.4, -0.2) is 58.6 Å². The number of nitrogens with zero attached hydrogens (tertiary/aromatic N) is 3. The SMILES string of the molecule is COC(=O)c1cn(CCO[C@H]2O[C@@H]3O[C@@]4(C)CC[C@H]5[C@H](C)CCC([C@H]2C)C35OO4)nn1. The number of hydrogen-bond donors (Lipinski definition) is 0. The minimum Gasteiger partial charge on any atom is -0.464 e. The van der Waals surface area contributed by atoms with E-state index in [4.69, 9.17) is 24.0 Å². The molecule has 10 heteroatoms. The molecule has 172 valence electrons. The summed E-state index contributed by atoms with van der Waals surface area (Å²) in [5, 5.41) is 7.76. The third kappa shape index (κ3) is 3.39. The number of esters is 1. The van der Waals surface area contributed by atoms with E-state index in [1.54, 1.807) is 10.9 Å². The van der Waals surface area contributed by atoms with Gasteiger partial charge in [-0.2, -0.15) is 0 Å². The molecule has 1 spiro atoms. The van der Waals surface area contributed by atoms with Gasteiger partial charge in [-0.3, -0.25) is 0 Å². The summed E-state index contributed by atoms with van der Waals surface area (Å²) in [5.74, 6) is -0.126. The molecular formula is C21H31N3O7. The fourth-order valence-electron chi connectivity index (χ4n) is 5.93. The van der Waals surface area contributed by atoms with E-state index in [-0.39, 0.29) is 17.5 Å². The highest BCUT2D eigenvalue weighted by Crippen LogP contribution is 2.60. The van der Waals surface area contributed by atoms with E-state index in [1.807, 2.05) is 6.92 Å². The Labute approximate surface area is 181 Å². The van der Waals surface area contributed by atoms with Crippen molar-refractivity contribution in [3.8, 4) is 0 Å². The lowest BCUT2D eigenvalue weighted by molar-refractivity contribution is -0.577. The molecule has 6 rings (SSSR count). The Hall–Kier alpha value is -1.59. The van der Waals surface area contributed by atoms with Gasteiger partial charge in [0.1, 0.15) is 0 Å². The summed E-state index contributed by atoms with van der Waals surface area (Å²) >= 11 is 0. The zero-order valence-electron chi connectivity index (χ0n) is 18.5. The molecule has 31 heavy (non-hydrogen) atoms. The highest BCUT2D eigenvalue weighted by atomic mass is 17.3. The first-order chi connectivity index (χ1) is 14.9. The van der Waals surface area contributed by atoms with Gasteiger partial charge in [0, 0.05) is 18.3 Å². The van der Waals surface area contributed by atoms with Crippen molar-refractivity contribution in [2.45, 2.75) is 77.0 Å². The van der Waals surface area contributed by atoms with E-state index in [0.717, 1.165) is 25.7 Å². The molecule has 5 aliphatic rings. The standard InChI is InChI=1S/C21H31N3O7/c1-12-5-6-15-13(2)18(27-10-9-24-11-16(22-23-24)17(25)26-4)28-19-21(15)14(12)7-8-20(3,29-19)30-31-21/h11-15,18-19H,5-10H2,1-4H3/t12-,13-,14+,15?,18+,19-,20-,21?/m1/s1. The lowest BCUT2D eigenvalue weighted by Gasteiger charge is -2.60. The molecule has 4 aliphatic heterocycles. The molecule has 8 atom stereocenters. The quantitative estimate of drug-likeness (QED) is 0.507. The molecular weight excluding hydrogens is 406 g/mol. The Balaban J connectivity index is 1.29. The Kier molecular flexibility index (Phi) is 5.33. The summed E-state index contributed by atoms with van der Waals surface area (Å²) in [6, 6.07) is 0. The van der Waals surface area contributed by atoms with Crippen molar-refractivity contribution in [1.82, 2.24) is 15.0 Å². The van der Waals surface area contributed by atoms with Crippen molar-refractivity contribution in [2.24, 2.45) is 23.7 Å². The van der Waals surface area contributed by atoms with Crippen LogP contribution in [0.5, 0.6) is 0 Å². The van der Waals surface area contributed by atoms with Crippen molar-refractivity contribution in [2.75, 3.05) is 13.7 Å². The second-order valence-corrected chi connectivity index (χ2v) is 9.50. The highest BCUT2D eigenvalue weighted by molar-refractivity contribution is 5.86. The van der Waals surface area contributed by atoms with Gasteiger partial charge >= 0.3 is 5.97 Å². The minimum absolute atomic E-state index is 0.113. The molecule has 0 amide bonds. The molecule has 1 aromatic rings. The van der Waals surface area contributed by atoms with Gasteiger partial charge in [-0.15, -0.1) is 5.10 Å². The van der Waals surface area contributed by atoms with Gasteiger partial charge in [0.2, 0.25) is 5.79 Å². The summed E-state index contributed by atoms with van der Waals surface area (Å²) in [6.07, 6.45) is 4.55. The summed E-state index contributed by atoms with van der Waals surface area (Å²) in [6.45, 7) is 7.16. The Morgan fingerprint density at radius 1 is 1.26 bits per heavy atom. The molecule has 5 fully saturated rings. The van der Waals surface area contributed by atoms with Crippen LogP contribution in [0.4, 0.5) is 0 Å². The van der Waals surface area contributed by atoms with E-state index < -0.39 is 29.9 Å². The molecule has 2 bridgehead atoms. The summed E-state index contributed by atoms with van der Waals surface area (Å²) in [5.41, 5.74) is -0.420. The number of rotatable bonds is 5. The third-order valence-corrected chi connectivity index (χ3v) is 7.63. The molecule has 1 saturated carbocycles. The molecule has 5 heterocycles. The molecule has 4 saturated heterocycles. The Morgan fingerprint density at radius 3 is 2.90 bits per heavy atom. The number of carbonyl (C=O) groups is 1. The highest BCUT2D eigenvalue weighted by Gasteiger charge is 2.69. The van der Waals surface area contributed by atoms with Crippen LogP contribution < -0.4 is 0 Å². The van der Waals surface area contributed by atoms with Crippen molar-refractivity contribution >= 4 is 5.97 Å². The van der Waals surface area contributed by atoms with E-state index >= 15 is 0 Å². The Morgan fingerprint density at radius 2 is 2.10 bits per heavy atom. The largest absolute Gasteiger partial charge is 0.464 e. The van der Waals surface area contributed by atoms with Crippen LogP contribution in [0, 0.1) is 23.7 Å². The third-order valence-electron chi connectivity index (χ3n) is 7.63. The number of carbonyl (C=O) groups excluding carboxylic acids is 1. The first kappa shape index (κ1) is 21.3. The van der Waals surface area contributed by atoms with Crippen LogP contribution in [0.2, 0.25) is 0 Å². The normalized spacial score (nSPS) is 43.9. The number of fused-ring (bicyclic) bond motifs is 2. The zero-order valence-corrected chi connectivity index (χ0v) is 18.5. The average molecular weight is 437 g/mol. The summed E-state index contributed by atoms with van der Waals surface area (Å²) in [4.78, 5) is 23.5. The van der Waals surface area contributed by atoms with Crippen molar-refractivity contribution in [1.29, 1.82) is 0 Å². The lowest BCUT2D eigenvalue weighted by Crippen LogP contribution is -2.70. The fraction of sp³-hybridized carbons (Fsp3) is 0.857. The van der Waals surface area contributed by atoms with Crippen LogP contribution in [-0.2, 0) is 35.3 Å². The number of ether oxygens (including phenoxy) is 4. The predicted octanol–water partition coefficient (Wildman–Crippen LogP) is 2.29. The van der Waals surface area contributed by atoms with Gasteiger partial charge in [-0.1, -0.05) is 19.1 Å². The van der Waals surface area contributed by atoms with E-state index in [1.165, 1.54) is 7.11 Å². The second-order valence-electron chi connectivity index (χ2n) is 9.50. The molecule has 1 aliphatic carbocycles. The summed E-state index contributed by atoms with van der Waals surface area (Å²) in [7, 11) is 1.31. The molecule has 0 aromatic carbocycles. The minimum atomic E-state index is -0.798. The zero-order chi connectivity index (χ0) is 21.8. The van der Waals surface area contributed by atoms with Crippen LogP contribution >= 0.6 is 0 Å². The first-order valence-corrected chi connectivity index (χ1v) is 11.2. The van der Waals surface area contributed by atoms with Crippen molar-refractivity contribution in [3.05, 3.63) is 11.9 Å². The smallest absolute Gasteiger partial charge is 0.360 e. The number of hydrogen-bond acceptors (Lipinski definition) is 9. The molecule has 0 N–H and O–H groups in total. The number of aromatic nitrogens is 3. The van der Waals surface area contributed by atoms with Gasteiger partial charge in [-0.25, -0.2) is 19.3 Å². The van der Waals surface area contributed by atoms with Gasteiger partial charge in [0.05, 0.1) is 26.5 Å². The van der Waals surface area contributed by atoms with Crippen LogP contribution in [0.1, 0.15) is 56.9 Å². The predicted molar refractivity (Wildman–Crippen MR) is 104 cm³/mol. The van der Waals surface area contributed by atoms with Crippen molar-refractivity contribution in [3.63, 3.8) is 0 Å². The van der Waals surface area contributed by atoms with Gasteiger partial charge in [0.25, 0.3) is 0 Å². The van der Waals surface area contributed by atoms with Gasteiger partial charge in [-0.05, 0) is 38.0 Å². The van der Waals surface area contributed by atoms with E-state index in [2.05, 4.69) is 28.9 Å². The molecule has 0 radical (unpaired) electrons.